The number of imide groups is 1. The smallest absolute Gasteiger partial charge is 0.283 e. The zero-order valence-electron chi connectivity index (χ0n) is 15.7. The monoisotopic (exact) mass is 429 g/mol. The lowest BCUT2D eigenvalue weighted by molar-refractivity contribution is -0.120. The molecule has 2 aromatic carbocycles. The van der Waals surface area contributed by atoms with E-state index in [2.05, 4.69) is 5.32 Å². The van der Waals surface area contributed by atoms with Crippen molar-refractivity contribution in [1.82, 2.24) is 4.90 Å². The van der Waals surface area contributed by atoms with E-state index in [4.69, 9.17) is 16.3 Å². The van der Waals surface area contributed by atoms with Gasteiger partial charge in [-0.05, 0) is 42.5 Å². The van der Waals surface area contributed by atoms with Crippen molar-refractivity contribution >= 4 is 40.7 Å². The number of rotatable bonds is 4. The van der Waals surface area contributed by atoms with Gasteiger partial charge in [0.1, 0.15) is 16.5 Å². The Bertz CT molecular complexity index is 1050. The first-order chi connectivity index (χ1) is 14.5. The number of hydrogen-bond donors (Lipinski definition) is 1. The third-order valence-electron chi connectivity index (χ3n) is 4.79. The number of nitrogens with one attached hydrogen (secondary N) is 1. The van der Waals surface area contributed by atoms with Gasteiger partial charge in [-0.1, -0.05) is 17.7 Å². The van der Waals surface area contributed by atoms with Gasteiger partial charge in [0.05, 0.1) is 18.9 Å². The fourth-order valence-electron chi connectivity index (χ4n) is 3.26. The minimum absolute atomic E-state index is 0.109. The van der Waals surface area contributed by atoms with Crippen LogP contribution < -0.4 is 10.2 Å². The molecule has 2 aliphatic rings. The van der Waals surface area contributed by atoms with Crippen molar-refractivity contribution in [2.45, 2.75) is 0 Å². The number of halogens is 2. The highest BCUT2D eigenvalue weighted by atomic mass is 35.5. The summed E-state index contributed by atoms with van der Waals surface area (Å²) in [6, 6.07) is 11.5. The van der Waals surface area contributed by atoms with E-state index in [-0.39, 0.29) is 22.3 Å². The SMILES string of the molecule is O=C(c1cccc(NC2=C(Cl)C(=O)N(c3ccc(F)cc3)C2=O)c1)N1CCOCC1. The quantitative estimate of drug-likeness (QED) is 0.756. The Morgan fingerprint density at radius 1 is 1.03 bits per heavy atom. The van der Waals surface area contributed by atoms with Crippen LogP contribution in [-0.2, 0) is 14.3 Å². The molecule has 0 aliphatic carbocycles. The van der Waals surface area contributed by atoms with Crippen LogP contribution in [0.25, 0.3) is 0 Å². The van der Waals surface area contributed by atoms with Crippen LogP contribution in [0.5, 0.6) is 0 Å². The van der Waals surface area contributed by atoms with Crippen molar-refractivity contribution in [3.05, 3.63) is 70.6 Å². The number of nitrogens with zero attached hydrogens (tertiary/aromatic N) is 2. The minimum atomic E-state index is -0.712. The van der Waals surface area contributed by atoms with E-state index in [1.165, 1.54) is 12.1 Å². The van der Waals surface area contributed by atoms with Crippen LogP contribution >= 0.6 is 11.6 Å². The molecular formula is C21H17ClFN3O4. The van der Waals surface area contributed by atoms with Crippen molar-refractivity contribution in [3.8, 4) is 0 Å². The Kier molecular flexibility index (Phi) is 5.52. The molecule has 30 heavy (non-hydrogen) atoms. The Balaban J connectivity index is 1.55. The minimum Gasteiger partial charge on any atom is -0.378 e. The first-order valence-corrected chi connectivity index (χ1v) is 9.62. The van der Waals surface area contributed by atoms with E-state index >= 15 is 0 Å². The van der Waals surface area contributed by atoms with Gasteiger partial charge in [-0.2, -0.15) is 0 Å². The number of morpholine rings is 1. The first-order valence-electron chi connectivity index (χ1n) is 9.24. The molecule has 0 spiro atoms. The van der Waals surface area contributed by atoms with Gasteiger partial charge in [0.25, 0.3) is 17.7 Å². The Morgan fingerprint density at radius 3 is 2.43 bits per heavy atom. The molecule has 2 aromatic rings. The van der Waals surface area contributed by atoms with Crippen LogP contribution in [0.15, 0.2) is 59.3 Å². The van der Waals surface area contributed by atoms with E-state index in [1.54, 1.807) is 29.2 Å². The Labute approximate surface area is 176 Å². The van der Waals surface area contributed by atoms with Crippen LogP contribution in [-0.4, -0.2) is 48.9 Å². The van der Waals surface area contributed by atoms with Crippen LogP contribution in [0.4, 0.5) is 15.8 Å². The predicted molar refractivity (Wildman–Crippen MR) is 109 cm³/mol. The molecule has 1 saturated heterocycles. The van der Waals surface area contributed by atoms with Crippen LogP contribution in [0.3, 0.4) is 0 Å². The summed E-state index contributed by atoms with van der Waals surface area (Å²) < 4.78 is 18.4. The maximum absolute atomic E-state index is 13.2. The summed E-state index contributed by atoms with van der Waals surface area (Å²) in [6.07, 6.45) is 0. The molecule has 9 heteroatoms. The zero-order chi connectivity index (χ0) is 21.3. The van der Waals surface area contributed by atoms with E-state index < -0.39 is 17.6 Å². The molecule has 0 radical (unpaired) electrons. The second kappa shape index (κ2) is 8.25. The van der Waals surface area contributed by atoms with Crippen molar-refractivity contribution in [2.24, 2.45) is 0 Å². The number of hydrogen-bond acceptors (Lipinski definition) is 5. The van der Waals surface area contributed by atoms with Crippen molar-refractivity contribution in [2.75, 3.05) is 36.5 Å². The molecular weight excluding hydrogens is 413 g/mol. The third-order valence-corrected chi connectivity index (χ3v) is 5.14. The number of anilines is 2. The highest BCUT2D eigenvalue weighted by Crippen LogP contribution is 2.30. The number of ether oxygens (including phenoxy) is 1. The molecule has 0 bridgehead atoms. The van der Waals surface area contributed by atoms with Crippen LogP contribution in [0, 0.1) is 5.82 Å². The number of carbonyl (C=O) groups is 3. The number of benzene rings is 2. The summed E-state index contributed by atoms with van der Waals surface area (Å²) in [7, 11) is 0. The van der Waals surface area contributed by atoms with E-state index in [0.717, 1.165) is 17.0 Å². The summed E-state index contributed by atoms with van der Waals surface area (Å²) in [5, 5.41) is 2.56. The predicted octanol–water partition coefficient (Wildman–Crippen LogP) is 2.73. The fraction of sp³-hybridized carbons (Fsp3) is 0.190. The number of amides is 3. The molecule has 2 aliphatic heterocycles. The molecule has 3 amide bonds. The van der Waals surface area contributed by atoms with Crippen LogP contribution in [0.2, 0.25) is 0 Å². The van der Waals surface area contributed by atoms with Crippen molar-refractivity contribution in [3.63, 3.8) is 0 Å². The molecule has 1 fully saturated rings. The van der Waals surface area contributed by atoms with Crippen molar-refractivity contribution in [1.29, 1.82) is 0 Å². The molecule has 4 rings (SSSR count). The Hall–Kier alpha value is -3.23. The summed E-state index contributed by atoms with van der Waals surface area (Å²) >= 11 is 6.12. The van der Waals surface area contributed by atoms with E-state index in [9.17, 15) is 18.8 Å². The topological polar surface area (TPSA) is 79.0 Å². The molecule has 0 aromatic heterocycles. The molecule has 0 atom stereocenters. The maximum Gasteiger partial charge on any atom is 0.283 e. The highest BCUT2D eigenvalue weighted by Gasteiger charge is 2.39. The zero-order valence-corrected chi connectivity index (χ0v) is 16.5. The van der Waals surface area contributed by atoms with Gasteiger partial charge in [0, 0.05) is 24.3 Å². The summed E-state index contributed by atoms with van der Waals surface area (Å²) in [4.78, 5) is 40.5. The lowest BCUT2D eigenvalue weighted by Crippen LogP contribution is -2.40. The molecule has 0 unspecified atom stereocenters. The van der Waals surface area contributed by atoms with Gasteiger partial charge >= 0.3 is 0 Å². The van der Waals surface area contributed by atoms with Gasteiger partial charge in [-0.25, -0.2) is 9.29 Å². The van der Waals surface area contributed by atoms with Gasteiger partial charge < -0.3 is 15.0 Å². The second-order valence-corrected chi connectivity index (χ2v) is 7.10. The average molecular weight is 430 g/mol. The van der Waals surface area contributed by atoms with E-state index in [0.29, 0.717) is 37.6 Å². The third kappa shape index (κ3) is 3.79. The standard InChI is InChI=1S/C21H17ClFN3O4/c22-17-18(21(29)26(20(17)28)16-6-4-14(23)5-7-16)24-15-3-1-2-13(12-15)19(27)25-8-10-30-11-9-25/h1-7,12,24H,8-11H2. The van der Waals surface area contributed by atoms with Gasteiger partial charge in [0.15, 0.2) is 0 Å². The highest BCUT2D eigenvalue weighted by molar-refractivity contribution is 6.53. The Morgan fingerprint density at radius 2 is 1.73 bits per heavy atom. The molecule has 7 nitrogen and oxygen atoms in total. The molecule has 1 N–H and O–H groups in total. The number of carbonyl (C=O) groups excluding carboxylic acids is 3. The summed E-state index contributed by atoms with van der Waals surface area (Å²) in [6.45, 7) is 1.99. The molecule has 2 heterocycles. The lowest BCUT2D eigenvalue weighted by Gasteiger charge is -2.27. The first kappa shape index (κ1) is 20.1. The molecule has 154 valence electrons. The maximum atomic E-state index is 13.2. The van der Waals surface area contributed by atoms with Gasteiger partial charge in [0.2, 0.25) is 0 Å². The summed E-state index contributed by atoms with van der Waals surface area (Å²) in [5.74, 6) is -2.02. The van der Waals surface area contributed by atoms with Crippen LogP contribution in [0.1, 0.15) is 10.4 Å². The fourth-order valence-corrected chi connectivity index (χ4v) is 3.47. The van der Waals surface area contributed by atoms with Gasteiger partial charge in [-0.3, -0.25) is 14.4 Å². The largest absolute Gasteiger partial charge is 0.378 e. The lowest BCUT2D eigenvalue weighted by atomic mass is 10.1. The summed E-state index contributed by atoms with van der Waals surface area (Å²) in [5.41, 5.74) is 0.967. The van der Waals surface area contributed by atoms with Gasteiger partial charge in [-0.15, -0.1) is 0 Å². The van der Waals surface area contributed by atoms with Crippen molar-refractivity contribution < 1.29 is 23.5 Å². The average Bonchev–Trinajstić information content (AvgIpc) is 2.98. The molecule has 0 saturated carbocycles. The van der Waals surface area contributed by atoms with E-state index in [1.807, 2.05) is 0 Å². The second-order valence-electron chi connectivity index (χ2n) is 6.72. The normalized spacial score (nSPS) is 17.0.